The maximum atomic E-state index is 6.20. The van der Waals surface area contributed by atoms with E-state index in [0.29, 0.717) is 5.92 Å². The van der Waals surface area contributed by atoms with Crippen molar-refractivity contribution in [3.05, 3.63) is 53.7 Å². The molecule has 0 aliphatic carbocycles. The first-order chi connectivity index (χ1) is 11.0. The van der Waals surface area contributed by atoms with Crippen LogP contribution in [0, 0.1) is 5.92 Å². The Hall–Kier alpha value is -1.74. The van der Waals surface area contributed by atoms with Crippen molar-refractivity contribution in [1.82, 2.24) is 4.98 Å². The minimum atomic E-state index is 0.703. The fourth-order valence-corrected chi connectivity index (χ4v) is 2.99. The van der Waals surface area contributed by atoms with Crippen LogP contribution in [-0.4, -0.2) is 10.7 Å². The molecule has 0 spiro atoms. The van der Waals surface area contributed by atoms with Crippen LogP contribution < -0.4 is 5.73 Å². The third-order valence-electron chi connectivity index (χ3n) is 3.75. The van der Waals surface area contributed by atoms with Gasteiger partial charge >= 0.3 is 0 Å². The number of thioether (sulfide) groups is 1. The van der Waals surface area contributed by atoms with Gasteiger partial charge in [0.25, 0.3) is 0 Å². The van der Waals surface area contributed by atoms with Gasteiger partial charge in [0.15, 0.2) is 0 Å². The molecule has 23 heavy (non-hydrogen) atoms. The minimum Gasteiger partial charge on any atom is -0.397 e. The lowest BCUT2D eigenvalue weighted by Gasteiger charge is -2.09. The largest absolute Gasteiger partial charge is 0.397 e. The third kappa shape index (κ3) is 4.87. The topological polar surface area (TPSA) is 38.9 Å². The molecule has 0 atom stereocenters. The molecule has 0 amide bonds. The first kappa shape index (κ1) is 17.6. The zero-order chi connectivity index (χ0) is 16.8. The highest BCUT2D eigenvalue weighted by Crippen LogP contribution is 2.25. The van der Waals surface area contributed by atoms with Crippen LogP contribution in [0.5, 0.6) is 0 Å². The standard InChI is InChI=1S/C20H26N2S/c1-5-15(4)20(21)19-8-6-7-18(22-19)16-9-11-17(12-10-16)23-13-14(2)3/h6-12,14H,5,13,21H2,1-4H3/b20-15-. The molecule has 0 saturated heterocycles. The van der Waals surface area contributed by atoms with E-state index in [2.05, 4.69) is 52.0 Å². The Balaban J connectivity index is 2.22. The molecule has 2 rings (SSSR count). The Morgan fingerprint density at radius 1 is 1.13 bits per heavy atom. The van der Waals surface area contributed by atoms with Crippen LogP contribution in [0.15, 0.2) is 52.9 Å². The van der Waals surface area contributed by atoms with Crippen molar-refractivity contribution < 1.29 is 0 Å². The Bertz CT molecular complexity index is 672. The third-order valence-corrected chi connectivity index (χ3v) is 5.19. The molecule has 0 unspecified atom stereocenters. The predicted molar refractivity (Wildman–Crippen MR) is 102 cm³/mol. The Kier molecular flexibility index (Phi) is 6.28. The lowest BCUT2D eigenvalue weighted by Crippen LogP contribution is -2.02. The van der Waals surface area contributed by atoms with Gasteiger partial charge in [-0.25, -0.2) is 4.98 Å². The van der Waals surface area contributed by atoms with E-state index < -0.39 is 0 Å². The Labute approximate surface area is 144 Å². The zero-order valence-corrected chi connectivity index (χ0v) is 15.3. The first-order valence-electron chi connectivity index (χ1n) is 8.17. The summed E-state index contributed by atoms with van der Waals surface area (Å²) in [6.45, 7) is 8.66. The van der Waals surface area contributed by atoms with Gasteiger partial charge in [0, 0.05) is 16.2 Å². The molecule has 0 fully saturated rings. The monoisotopic (exact) mass is 326 g/mol. The van der Waals surface area contributed by atoms with Crippen LogP contribution >= 0.6 is 11.8 Å². The number of allylic oxidation sites excluding steroid dienone is 1. The van der Waals surface area contributed by atoms with E-state index in [0.717, 1.165) is 34.8 Å². The van der Waals surface area contributed by atoms with Gasteiger partial charge in [-0.3, -0.25) is 0 Å². The summed E-state index contributed by atoms with van der Waals surface area (Å²) in [5.41, 5.74) is 11.1. The first-order valence-corrected chi connectivity index (χ1v) is 9.15. The molecule has 2 nitrogen and oxygen atoms in total. The van der Waals surface area contributed by atoms with Gasteiger partial charge in [0.05, 0.1) is 17.1 Å². The zero-order valence-electron chi connectivity index (χ0n) is 14.5. The molecule has 2 aromatic rings. The molecule has 1 aromatic carbocycles. The van der Waals surface area contributed by atoms with Gasteiger partial charge in [-0.1, -0.05) is 39.0 Å². The number of pyridine rings is 1. The van der Waals surface area contributed by atoms with E-state index in [1.807, 2.05) is 30.0 Å². The van der Waals surface area contributed by atoms with Crippen molar-refractivity contribution in [1.29, 1.82) is 0 Å². The summed E-state index contributed by atoms with van der Waals surface area (Å²) < 4.78 is 0. The number of nitrogens with two attached hydrogens (primary N) is 1. The molecular weight excluding hydrogens is 300 g/mol. The Morgan fingerprint density at radius 3 is 2.43 bits per heavy atom. The molecule has 1 aromatic heterocycles. The van der Waals surface area contributed by atoms with Crippen molar-refractivity contribution in [2.24, 2.45) is 11.7 Å². The normalized spacial score (nSPS) is 12.4. The van der Waals surface area contributed by atoms with Crippen LogP contribution in [0.25, 0.3) is 17.0 Å². The molecule has 0 saturated carbocycles. The molecule has 1 heterocycles. The van der Waals surface area contributed by atoms with Gasteiger partial charge in [0.2, 0.25) is 0 Å². The second-order valence-electron chi connectivity index (χ2n) is 6.18. The number of nitrogens with zero attached hydrogens (tertiary/aromatic N) is 1. The van der Waals surface area contributed by atoms with Gasteiger partial charge < -0.3 is 5.73 Å². The van der Waals surface area contributed by atoms with Crippen LogP contribution in [0.1, 0.15) is 39.8 Å². The number of benzene rings is 1. The summed E-state index contributed by atoms with van der Waals surface area (Å²) in [6.07, 6.45) is 0.944. The van der Waals surface area contributed by atoms with Gasteiger partial charge in [-0.2, -0.15) is 0 Å². The van der Waals surface area contributed by atoms with E-state index in [-0.39, 0.29) is 0 Å². The maximum Gasteiger partial charge on any atom is 0.0865 e. The number of rotatable bonds is 6. The van der Waals surface area contributed by atoms with Gasteiger partial charge in [-0.15, -0.1) is 11.8 Å². The van der Waals surface area contributed by atoms with E-state index >= 15 is 0 Å². The van der Waals surface area contributed by atoms with Crippen molar-refractivity contribution in [2.75, 3.05) is 5.75 Å². The quantitative estimate of drug-likeness (QED) is 0.703. The maximum absolute atomic E-state index is 6.20. The second kappa shape index (κ2) is 8.21. The highest BCUT2D eigenvalue weighted by Gasteiger charge is 2.06. The van der Waals surface area contributed by atoms with E-state index in [4.69, 9.17) is 10.7 Å². The van der Waals surface area contributed by atoms with Crippen LogP contribution in [-0.2, 0) is 0 Å². The smallest absolute Gasteiger partial charge is 0.0865 e. The summed E-state index contributed by atoms with van der Waals surface area (Å²) in [5.74, 6) is 1.85. The molecule has 0 radical (unpaired) electrons. The average Bonchev–Trinajstić information content (AvgIpc) is 2.59. The Morgan fingerprint density at radius 2 is 1.83 bits per heavy atom. The fraction of sp³-hybridized carbons (Fsp3) is 0.350. The van der Waals surface area contributed by atoms with Crippen LogP contribution in [0.4, 0.5) is 0 Å². The van der Waals surface area contributed by atoms with Crippen molar-refractivity contribution in [3.63, 3.8) is 0 Å². The van der Waals surface area contributed by atoms with Crippen LogP contribution in [0.3, 0.4) is 0 Å². The summed E-state index contributed by atoms with van der Waals surface area (Å²) in [7, 11) is 0. The molecule has 2 N–H and O–H groups in total. The average molecular weight is 327 g/mol. The predicted octanol–water partition coefficient (Wildman–Crippen LogP) is 5.60. The van der Waals surface area contributed by atoms with Crippen molar-refractivity contribution in [3.8, 4) is 11.3 Å². The fourth-order valence-electron chi connectivity index (χ4n) is 2.14. The summed E-state index contributed by atoms with van der Waals surface area (Å²) >= 11 is 1.90. The molecule has 3 heteroatoms. The number of aromatic nitrogens is 1. The van der Waals surface area contributed by atoms with Gasteiger partial charge in [-0.05, 0) is 49.1 Å². The summed E-state index contributed by atoms with van der Waals surface area (Å²) in [6, 6.07) is 14.7. The molecule has 0 bridgehead atoms. The molecule has 0 aliphatic rings. The number of hydrogen-bond acceptors (Lipinski definition) is 3. The van der Waals surface area contributed by atoms with E-state index in [9.17, 15) is 0 Å². The number of hydrogen-bond donors (Lipinski definition) is 1. The molecular formula is C20H26N2S. The van der Waals surface area contributed by atoms with Crippen molar-refractivity contribution in [2.45, 2.75) is 39.0 Å². The molecule has 122 valence electrons. The van der Waals surface area contributed by atoms with Gasteiger partial charge in [0.1, 0.15) is 0 Å². The highest BCUT2D eigenvalue weighted by atomic mass is 32.2. The van der Waals surface area contributed by atoms with E-state index in [1.165, 1.54) is 10.5 Å². The SMILES string of the molecule is CC/C(C)=C(\N)c1cccc(-c2ccc(SCC(C)C)cc2)n1. The second-order valence-corrected chi connectivity index (χ2v) is 7.28. The van der Waals surface area contributed by atoms with E-state index in [1.54, 1.807) is 0 Å². The minimum absolute atomic E-state index is 0.703. The summed E-state index contributed by atoms with van der Waals surface area (Å²) in [4.78, 5) is 6.03. The lowest BCUT2D eigenvalue weighted by molar-refractivity contribution is 0.750. The molecule has 0 aliphatic heterocycles. The summed E-state index contributed by atoms with van der Waals surface area (Å²) in [5, 5.41) is 0. The van der Waals surface area contributed by atoms with Crippen molar-refractivity contribution >= 4 is 17.5 Å². The highest BCUT2D eigenvalue weighted by molar-refractivity contribution is 7.99. The lowest BCUT2D eigenvalue weighted by atomic mass is 10.1. The van der Waals surface area contributed by atoms with Crippen LogP contribution in [0.2, 0.25) is 0 Å².